The first kappa shape index (κ1) is 21.1. The first-order valence-corrected chi connectivity index (χ1v) is 12.1. The summed E-state index contributed by atoms with van der Waals surface area (Å²) in [5.41, 5.74) is 1.40. The SMILES string of the molecule is COc1cccc2sc(N(Cc3ccco3)C(=O)Cc3ccc(S(C)(=O)=O)cc3)nc12. The predicted octanol–water partition coefficient (Wildman–Crippen LogP) is 4.08. The number of fused-ring (bicyclic) bond motifs is 1. The standard InChI is InChI=1S/C22H20N2O5S2/c1-28-18-6-3-7-19-21(18)23-22(30-19)24(14-16-5-4-12-29-16)20(25)13-15-8-10-17(11-9-15)31(2,26)27/h3-12H,13-14H2,1-2H3. The van der Waals surface area contributed by atoms with Gasteiger partial charge >= 0.3 is 0 Å². The molecule has 0 N–H and O–H groups in total. The number of carbonyl (C=O) groups is 1. The van der Waals surface area contributed by atoms with Gasteiger partial charge in [-0.25, -0.2) is 13.4 Å². The Hall–Kier alpha value is -3.17. The molecule has 0 radical (unpaired) electrons. The number of amides is 1. The van der Waals surface area contributed by atoms with Crippen LogP contribution in [0, 0.1) is 0 Å². The molecule has 0 aliphatic heterocycles. The Bertz CT molecular complexity index is 1310. The van der Waals surface area contributed by atoms with Crippen molar-refractivity contribution in [1.82, 2.24) is 4.98 Å². The molecule has 0 spiro atoms. The summed E-state index contributed by atoms with van der Waals surface area (Å²) < 4.78 is 35.1. The highest BCUT2D eigenvalue weighted by Crippen LogP contribution is 2.35. The number of sulfone groups is 1. The van der Waals surface area contributed by atoms with Gasteiger partial charge in [-0.2, -0.15) is 0 Å². The molecule has 1 amide bonds. The second-order valence-electron chi connectivity index (χ2n) is 6.96. The molecule has 7 nitrogen and oxygen atoms in total. The molecule has 4 rings (SSSR count). The van der Waals surface area contributed by atoms with E-state index in [0.717, 1.165) is 11.0 Å². The van der Waals surface area contributed by atoms with Gasteiger partial charge in [-0.3, -0.25) is 9.69 Å². The van der Waals surface area contributed by atoms with Crippen LogP contribution in [0.5, 0.6) is 5.75 Å². The van der Waals surface area contributed by atoms with Crippen LogP contribution < -0.4 is 9.64 Å². The van der Waals surface area contributed by atoms with Gasteiger partial charge in [-0.1, -0.05) is 29.5 Å². The summed E-state index contributed by atoms with van der Waals surface area (Å²) in [6.07, 6.45) is 2.81. The van der Waals surface area contributed by atoms with Gasteiger partial charge in [-0.15, -0.1) is 0 Å². The van der Waals surface area contributed by atoms with Crippen molar-refractivity contribution in [3.05, 3.63) is 72.2 Å². The molecule has 0 unspecified atom stereocenters. The fourth-order valence-electron chi connectivity index (χ4n) is 3.14. The lowest BCUT2D eigenvalue weighted by molar-refractivity contribution is -0.118. The molecule has 2 aromatic carbocycles. The van der Waals surface area contributed by atoms with Crippen LogP contribution in [0.4, 0.5) is 5.13 Å². The smallest absolute Gasteiger partial charge is 0.233 e. The molecule has 0 aliphatic carbocycles. The average Bonchev–Trinajstić information content (AvgIpc) is 3.40. The minimum atomic E-state index is -3.29. The Morgan fingerprint density at radius 3 is 2.55 bits per heavy atom. The third-order valence-electron chi connectivity index (χ3n) is 4.72. The van der Waals surface area contributed by atoms with Gasteiger partial charge in [0.2, 0.25) is 5.91 Å². The number of ether oxygens (including phenoxy) is 1. The van der Waals surface area contributed by atoms with Crippen molar-refractivity contribution < 1.29 is 22.4 Å². The Morgan fingerprint density at radius 2 is 1.90 bits per heavy atom. The van der Waals surface area contributed by atoms with Crippen LogP contribution in [0.1, 0.15) is 11.3 Å². The number of furan rings is 1. The van der Waals surface area contributed by atoms with Crippen LogP contribution in [-0.4, -0.2) is 32.7 Å². The highest BCUT2D eigenvalue weighted by molar-refractivity contribution is 7.90. The number of hydrogen-bond acceptors (Lipinski definition) is 7. The summed E-state index contributed by atoms with van der Waals surface area (Å²) in [6, 6.07) is 15.5. The van der Waals surface area contributed by atoms with Gasteiger partial charge in [0.05, 0.1) is 35.9 Å². The van der Waals surface area contributed by atoms with Gasteiger partial charge in [0.15, 0.2) is 15.0 Å². The monoisotopic (exact) mass is 456 g/mol. The Morgan fingerprint density at radius 1 is 1.13 bits per heavy atom. The number of benzene rings is 2. The molecule has 2 heterocycles. The van der Waals surface area contributed by atoms with Gasteiger partial charge in [0.1, 0.15) is 17.0 Å². The zero-order valence-electron chi connectivity index (χ0n) is 16.9. The number of para-hydroxylation sites is 1. The number of anilines is 1. The first-order valence-electron chi connectivity index (χ1n) is 9.40. The van der Waals surface area contributed by atoms with Gasteiger partial charge in [0.25, 0.3) is 0 Å². The van der Waals surface area contributed by atoms with Crippen molar-refractivity contribution >= 4 is 42.4 Å². The van der Waals surface area contributed by atoms with Crippen molar-refractivity contribution in [3.8, 4) is 5.75 Å². The van der Waals surface area contributed by atoms with Gasteiger partial charge in [0, 0.05) is 6.26 Å². The molecule has 2 aromatic heterocycles. The molecular formula is C22H20N2O5S2. The molecule has 31 heavy (non-hydrogen) atoms. The summed E-state index contributed by atoms with van der Waals surface area (Å²) in [5, 5.41) is 0.536. The molecule has 0 bridgehead atoms. The first-order chi connectivity index (χ1) is 14.8. The van der Waals surface area contributed by atoms with E-state index in [1.54, 1.807) is 42.5 Å². The third-order valence-corrected chi connectivity index (χ3v) is 6.90. The number of thiazole rings is 1. The highest BCUT2D eigenvalue weighted by Gasteiger charge is 2.22. The summed E-state index contributed by atoms with van der Waals surface area (Å²) in [4.78, 5) is 19.7. The maximum Gasteiger partial charge on any atom is 0.233 e. The minimum absolute atomic E-state index is 0.0951. The fraction of sp³-hybridized carbons (Fsp3) is 0.182. The van der Waals surface area contributed by atoms with Crippen LogP contribution in [0.3, 0.4) is 0 Å². The highest BCUT2D eigenvalue weighted by atomic mass is 32.2. The van der Waals surface area contributed by atoms with Gasteiger partial charge in [-0.05, 0) is 42.0 Å². The second-order valence-corrected chi connectivity index (χ2v) is 9.98. The van der Waals surface area contributed by atoms with E-state index in [4.69, 9.17) is 9.15 Å². The van der Waals surface area contributed by atoms with Crippen LogP contribution in [0.2, 0.25) is 0 Å². The molecule has 0 aliphatic rings. The second kappa shape index (κ2) is 8.52. The van der Waals surface area contributed by atoms with Crippen LogP contribution >= 0.6 is 11.3 Å². The van der Waals surface area contributed by atoms with Crippen molar-refractivity contribution in [2.24, 2.45) is 0 Å². The topological polar surface area (TPSA) is 89.7 Å². The molecule has 9 heteroatoms. The molecular weight excluding hydrogens is 436 g/mol. The van der Waals surface area contributed by atoms with E-state index in [1.807, 2.05) is 18.2 Å². The number of aromatic nitrogens is 1. The zero-order chi connectivity index (χ0) is 22.0. The molecule has 0 saturated carbocycles. The molecule has 0 atom stereocenters. The van der Waals surface area contributed by atoms with Crippen LogP contribution in [-0.2, 0) is 27.6 Å². The third kappa shape index (κ3) is 4.62. The predicted molar refractivity (Wildman–Crippen MR) is 119 cm³/mol. The van der Waals surface area contributed by atoms with Crippen molar-refractivity contribution in [1.29, 1.82) is 0 Å². The average molecular weight is 457 g/mol. The van der Waals surface area contributed by atoms with Gasteiger partial charge < -0.3 is 9.15 Å². The van der Waals surface area contributed by atoms with E-state index in [1.165, 1.54) is 23.5 Å². The van der Waals surface area contributed by atoms with Crippen LogP contribution in [0.15, 0.2) is 70.2 Å². The quantitative estimate of drug-likeness (QED) is 0.416. The maximum atomic E-state index is 13.3. The van der Waals surface area contributed by atoms with E-state index in [0.29, 0.717) is 27.7 Å². The lowest BCUT2D eigenvalue weighted by Crippen LogP contribution is -2.31. The van der Waals surface area contributed by atoms with Crippen molar-refractivity contribution in [3.63, 3.8) is 0 Å². The minimum Gasteiger partial charge on any atom is -0.494 e. The number of nitrogens with zero attached hydrogens (tertiary/aromatic N) is 2. The molecule has 160 valence electrons. The summed E-state index contributed by atoms with van der Waals surface area (Å²) >= 11 is 1.39. The van der Waals surface area contributed by atoms with Crippen LogP contribution in [0.25, 0.3) is 10.2 Å². The Labute approximate surface area is 183 Å². The summed E-state index contributed by atoms with van der Waals surface area (Å²) in [5.74, 6) is 1.09. The lowest BCUT2D eigenvalue weighted by Gasteiger charge is -2.19. The fourth-order valence-corrected chi connectivity index (χ4v) is 4.77. The molecule has 0 fully saturated rings. The number of rotatable bonds is 7. The van der Waals surface area contributed by atoms with E-state index >= 15 is 0 Å². The Balaban J connectivity index is 1.66. The largest absolute Gasteiger partial charge is 0.494 e. The zero-order valence-corrected chi connectivity index (χ0v) is 18.6. The number of hydrogen-bond donors (Lipinski definition) is 0. The number of carbonyl (C=O) groups excluding carboxylic acids is 1. The van der Waals surface area contributed by atoms with Crippen molar-refractivity contribution in [2.75, 3.05) is 18.3 Å². The summed E-state index contributed by atoms with van der Waals surface area (Å²) in [6.45, 7) is 0.232. The maximum absolute atomic E-state index is 13.3. The molecule has 4 aromatic rings. The number of methoxy groups -OCH3 is 1. The normalized spacial score (nSPS) is 11.5. The van der Waals surface area contributed by atoms with Crippen molar-refractivity contribution in [2.45, 2.75) is 17.9 Å². The van der Waals surface area contributed by atoms with E-state index in [2.05, 4.69) is 4.98 Å². The molecule has 0 saturated heterocycles. The lowest BCUT2D eigenvalue weighted by atomic mass is 10.1. The summed E-state index contributed by atoms with van der Waals surface area (Å²) in [7, 11) is -1.71. The Kier molecular flexibility index (Phi) is 5.79. The van der Waals surface area contributed by atoms with E-state index in [9.17, 15) is 13.2 Å². The van der Waals surface area contributed by atoms with E-state index < -0.39 is 9.84 Å². The van der Waals surface area contributed by atoms with E-state index in [-0.39, 0.29) is 23.8 Å².